The number of aliphatic hydroxyl groups is 6. The van der Waals surface area contributed by atoms with Crippen LogP contribution in [0.5, 0.6) is 0 Å². The van der Waals surface area contributed by atoms with Gasteiger partial charge in [-0.05, 0) is 6.92 Å². The molecule has 0 aliphatic rings. The van der Waals surface area contributed by atoms with Crippen molar-refractivity contribution in [2.45, 2.75) is 81.3 Å². The summed E-state index contributed by atoms with van der Waals surface area (Å²) in [6.45, 7) is -1.84. The highest BCUT2D eigenvalue weighted by Crippen LogP contribution is 2.34. The third-order valence-corrected chi connectivity index (χ3v) is 3.78. The first-order valence-corrected chi connectivity index (χ1v) is 11.1. The molecule has 6 N–H and O–H groups in total. The topological polar surface area (TPSA) is 165 Å². The first kappa shape index (κ1) is 60.3. The Morgan fingerprint density at radius 1 is 0.569 bits per heavy atom. The first-order chi connectivity index (χ1) is 21.6. The number of ketones is 1. The van der Waals surface area contributed by atoms with Gasteiger partial charge in [-0.1, -0.05) is 14.0 Å². The monoisotopic (exact) mass is 822 g/mol. The minimum absolute atomic E-state index is 0. The Bertz CT molecular complexity index is 987. The van der Waals surface area contributed by atoms with Gasteiger partial charge < -0.3 is 35.4 Å². The maximum Gasteiger partial charge on any atom is 0.456 e. The van der Waals surface area contributed by atoms with Crippen molar-refractivity contribution >= 4 is 11.8 Å². The van der Waals surface area contributed by atoms with E-state index in [9.17, 15) is 102 Å². The van der Waals surface area contributed by atoms with Gasteiger partial charge in [-0.3, -0.25) is 4.79 Å². The third kappa shape index (κ3) is 25.7. The molecule has 0 aromatic carbocycles. The Morgan fingerprint density at radius 2 is 0.843 bits per heavy atom. The van der Waals surface area contributed by atoms with Gasteiger partial charge in [0.2, 0.25) is 18.3 Å². The van der Waals surface area contributed by atoms with E-state index in [0.29, 0.717) is 0 Å². The van der Waals surface area contributed by atoms with Crippen LogP contribution in [0.3, 0.4) is 0 Å². The molecule has 0 spiro atoms. The van der Waals surface area contributed by atoms with Crippen LogP contribution < -0.4 is 0 Å². The van der Waals surface area contributed by atoms with Crippen molar-refractivity contribution < 1.29 is 137 Å². The molecule has 0 aromatic heterocycles. The van der Waals surface area contributed by atoms with Crippen molar-refractivity contribution in [3.05, 3.63) is 12.2 Å². The molecule has 312 valence electrons. The van der Waals surface area contributed by atoms with Crippen LogP contribution in [0.25, 0.3) is 0 Å². The smallest absolute Gasteiger partial charge is 0.456 e. The van der Waals surface area contributed by atoms with Crippen molar-refractivity contribution in [2.75, 3.05) is 26.9 Å². The Hall–Kier alpha value is -2.83. The van der Waals surface area contributed by atoms with E-state index >= 15 is 0 Å². The lowest BCUT2D eigenvalue weighted by Gasteiger charge is -2.23. The fourth-order valence-electron chi connectivity index (χ4n) is 1.39. The van der Waals surface area contributed by atoms with Crippen molar-refractivity contribution in [1.29, 1.82) is 0 Å². The Balaban J connectivity index is -0.000000131. The maximum absolute atomic E-state index is 12.7. The third-order valence-electron chi connectivity index (χ3n) is 3.78. The lowest BCUT2D eigenvalue weighted by Crippen LogP contribution is -2.48. The molecule has 0 fully saturated rings. The summed E-state index contributed by atoms with van der Waals surface area (Å²) >= 11 is 0. The second-order valence-corrected chi connectivity index (χ2v) is 8.10. The number of Topliss-reactive ketones (excluding diaryl/α,β-unsaturated/α-hetero) is 1. The summed E-state index contributed by atoms with van der Waals surface area (Å²) in [5.74, 6) is -18.3. The molecular weight excluding hydrogens is 795 g/mol. The number of alkyl halides is 21. The van der Waals surface area contributed by atoms with Gasteiger partial charge in [0, 0.05) is 12.7 Å². The van der Waals surface area contributed by atoms with Gasteiger partial charge in [0.05, 0.1) is 0 Å². The molecule has 0 bridgehead atoms. The molecule has 9 nitrogen and oxygen atoms in total. The van der Waals surface area contributed by atoms with Gasteiger partial charge in [0.15, 0.2) is 6.61 Å². The van der Waals surface area contributed by atoms with Crippen molar-refractivity contribution in [3.63, 3.8) is 0 Å². The summed E-state index contributed by atoms with van der Waals surface area (Å²) < 4.78 is 245. The van der Waals surface area contributed by atoms with Gasteiger partial charge in [-0.15, -0.1) is 0 Å². The summed E-state index contributed by atoms with van der Waals surface area (Å²) in [5.41, 5.74) is -0.239. The zero-order valence-electron chi connectivity index (χ0n) is 23.9. The van der Waals surface area contributed by atoms with Gasteiger partial charge in [-0.25, -0.2) is 13.6 Å². The maximum atomic E-state index is 12.7. The number of hydrogen-bond acceptors (Lipinski definition) is 9. The molecule has 0 aliphatic heterocycles. The number of aliphatic hydroxyl groups excluding tert-OH is 6. The van der Waals surface area contributed by atoms with Gasteiger partial charge in [0.1, 0.15) is 13.2 Å². The lowest BCUT2D eigenvalue weighted by atomic mass is 10.2. The predicted octanol–water partition coefficient (Wildman–Crippen LogP) is 4.66. The average molecular weight is 822 g/mol. The van der Waals surface area contributed by atoms with Crippen LogP contribution in [-0.2, 0) is 14.3 Å². The normalized spacial score (nSPS) is 13.9. The Labute approximate surface area is 270 Å². The molecule has 0 heterocycles. The number of carbonyl (C=O) groups excluding carboxylic acids is 2. The minimum atomic E-state index is -5.63. The van der Waals surface area contributed by atoms with E-state index in [0.717, 1.165) is 14.0 Å². The number of ether oxygens (including phenoxy) is 1. The molecule has 51 heavy (non-hydrogen) atoms. The molecule has 0 aliphatic carbocycles. The highest BCUT2D eigenvalue weighted by molar-refractivity contribution is 5.90. The van der Waals surface area contributed by atoms with E-state index in [2.05, 4.69) is 11.3 Å². The van der Waals surface area contributed by atoms with E-state index in [4.69, 9.17) is 30.6 Å². The van der Waals surface area contributed by atoms with Crippen LogP contribution >= 0.6 is 0 Å². The zero-order valence-corrected chi connectivity index (χ0v) is 23.9. The van der Waals surface area contributed by atoms with E-state index in [1.807, 2.05) is 0 Å². The molecule has 0 saturated heterocycles. The largest absolute Gasteiger partial charge is 0.456 e. The standard InChI is InChI=1S/C8H9F5O3.C4H5F5O2.C4H3F5O2.C3H2F6O.CH4O.CH4/c1-4(2)5(14)16-3-7(9,10)6(15)8(11,12)13;2*5-3(6,1-10)2(11)4(7,8)9;4-2(5,6)1(10)3(7,8)9;1-2;/h6,15H,1,3H2,2H3;2,10-11H,1H2;10H,1H2;1,10H;2H,1H3;1H4. The second kappa shape index (κ2) is 22.3. The number of halogens is 21. The zero-order chi connectivity index (χ0) is 42.3. The molecular formula is C21H27F21O9. The SMILES string of the molecule is C.C=C(C)C(=O)OCC(F)(F)C(O)C(F)(F)F.CO.O=C(C(F)(F)F)C(F)(F)CO.OC(C(F)(F)F)C(F)(F)F.OCC(F)(F)C(O)C(F)(F)F. The van der Waals surface area contributed by atoms with Crippen LogP contribution in [0.4, 0.5) is 92.2 Å². The minimum Gasteiger partial charge on any atom is -0.456 e. The molecule has 0 saturated carbocycles. The summed E-state index contributed by atoms with van der Waals surface area (Å²) in [5, 5.41) is 46.0. The first-order valence-electron chi connectivity index (χ1n) is 11.1. The quantitative estimate of drug-likeness (QED) is 0.116. The Morgan fingerprint density at radius 3 is 0.980 bits per heavy atom. The molecule has 0 aromatic rings. The summed E-state index contributed by atoms with van der Waals surface area (Å²) in [7, 11) is 1.00. The molecule has 2 unspecified atom stereocenters. The van der Waals surface area contributed by atoms with Crippen LogP contribution in [0, 0.1) is 0 Å². The molecule has 0 amide bonds. The second-order valence-electron chi connectivity index (χ2n) is 8.10. The van der Waals surface area contributed by atoms with Gasteiger partial charge >= 0.3 is 60.4 Å². The fourth-order valence-corrected chi connectivity index (χ4v) is 1.39. The van der Waals surface area contributed by atoms with E-state index in [1.165, 1.54) is 0 Å². The molecule has 2 atom stereocenters. The number of hydrogen-bond donors (Lipinski definition) is 6. The summed E-state index contributed by atoms with van der Waals surface area (Å²) in [4.78, 5) is 20.3. The van der Waals surface area contributed by atoms with E-state index in [-0.39, 0.29) is 13.0 Å². The van der Waals surface area contributed by atoms with Crippen LogP contribution in [0.15, 0.2) is 12.2 Å². The van der Waals surface area contributed by atoms with Crippen molar-refractivity contribution in [3.8, 4) is 0 Å². The highest BCUT2D eigenvalue weighted by Gasteiger charge is 2.57. The predicted molar refractivity (Wildman–Crippen MR) is 123 cm³/mol. The van der Waals surface area contributed by atoms with Gasteiger partial charge in [0.25, 0.3) is 0 Å². The van der Waals surface area contributed by atoms with Gasteiger partial charge in [-0.2, -0.15) is 83.4 Å². The fraction of sp³-hybridized carbons (Fsp3) is 0.810. The average Bonchev–Trinajstić information content (AvgIpc) is 2.93. The summed E-state index contributed by atoms with van der Waals surface area (Å²) in [6.07, 6.45) is -39.7. The Kier molecular flexibility index (Phi) is 26.3. The molecule has 0 radical (unpaired) electrons. The van der Waals surface area contributed by atoms with Crippen molar-refractivity contribution in [2.24, 2.45) is 0 Å². The summed E-state index contributed by atoms with van der Waals surface area (Å²) in [6, 6.07) is 0. The molecule has 30 heteroatoms. The number of rotatable bonds is 8. The van der Waals surface area contributed by atoms with E-state index < -0.39 is 98.5 Å². The van der Waals surface area contributed by atoms with Crippen LogP contribution in [-0.4, -0.2) is 136 Å². The van der Waals surface area contributed by atoms with Crippen LogP contribution in [0.2, 0.25) is 0 Å². The van der Waals surface area contributed by atoms with E-state index in [1.54, 1.807) is 0 Å². The van der Waals surface area contributed by atoms with Crippen molar-refractivity contribution in [1.82, 2.24) is 0 Å². The number of esters is 1. The number of carbonyl (C=O) groups is 2. The lowest BCUT2D eigenvalue weighted by molar-refractivity contribution is -0.308. The van der Waals surface area contributed by atoms with Crippen LogP contribution in [0.1, 0.15) is 14.4 Å². The molecule has 0 rings (SSSR count). The highest BCUT2D eigenvalue weighted by atomic mass is 19.4.